The van der Waals surface area contributed by atoms with E-state index in [0.717, 1.165) is 36.4 Å². The van der Waals surface area contributed by atoms with Crippen LogP contribution in [0.2, 0.25) is 0 Å². The molecule has 3 aromatic rings. The maximum absolute atomic E-state index is 13.3. The molecule has 0 saturated heterocycles. The summed E-state index contributed by atoms with van der Waals surface area (Å²) < 4.78 is 15.4. The van der Waals surface area contributed by atoms with E-state index in [2.05, 4.69) is 25.1 Å². The van der Waals surface area contributed by atoms with Crippen molar-refractivity contribution in [3.8, 4) is 0 Å². The van der Waals surface area contributed by atoms with Crippen molar-refractivity contribution in [3.05, 3.63) is 53.0 Å². The van der Waals surface area contributed by atoms with Crippen LogP contribution in [0.15, 0.2) is 24.3 Å². The predicted octanol–water partition coefficient (Wildman–Crippen LogP) is 2.19. The van der Waals surface area contributed by atoms with Gasteiger partial charge in [0.1, 0.15) is 17.5 Å². The van der Waals surface area contributed by atoms with Crippen LogP contribution in [-0.4, -0.2) is 32.2 Å². The molecule has 0 spiro atoms. The summed E-state index contributed by atoms with van der Waals surface area (Å²) in [5.41, 5.74) is 1.64. The minimum atomic E-state index is -0.336. The molecule has 3 heterocycles. The third-order valence-electron chi connectivity index (χ3n) is 4.54. The zero-order valence-electron chi connectivity index (χ0n) is 13.9. The average Bonchev–Trinajstić information content (AvgIpc) is 3.18. The molecular formula is C18H18FN5O. The van der Waals surface area contributed by atoms with E-state index >= 15 is 0 Å². The molecule has 6 nitrogen and oxygen atoms in total. The first-order valence-corrected chi connectivity index (χ1v) is 8.38. The molecule has 0 bridgehead atoms. The fraction of sp³-hybridized carbons (Fsp3) is 0.333. The van der Waals surface area contributed by atoms with E-state index in [1.165, 1.54) is 12.1 Å². The summed E-state index contributed by atoms with van der Waals surface area (Å²) >= 11 is 0. The van der Waals surface area contributed by atoms with Gasteiger partial charge in [0.2, 0.25) is 0 Å². The Balaban J connectivity index is 1.46. The van der Waals surface area contributed by atoms with Crippen molar-refractivity contribution in [1.29, 1.82) is 0 Å². The number of carbonyl (C=O) groups excluding carboxylic acids is 1. The average molecular weight is 339 g/mol. The van der Waals surface area contributed by atoms with Gasteiger partial charge < -0.3 is 9.88 Å². The summed E-state index contributed by atoms with van der Waals surface area (Å²) in [5, 5.41) is 12.0. The lowest BCUT2D eigenvalue weighted by atomic mass is 10.1. The number of hydrogen-bond acceptors (Lipinski definition) is 4. The Morgan fingerprint density at radius 1 is 1.32 bits per heavy atom. The maximum atomic E-state index is 13.3. The van der Waals surface area contributed by atoms with Crippen molar-refractivity contribution in [2.45, 2.75) is 32.7 Å². The first-order chi connectivity index (χ1) is 12.1. The third-order valence-corrected chi connectivity index (χ3v) is 4.54. The molecule has 1 amide bonds. The molecule has 25 heavy (non-hydrogen) atoms. The smallest absolute Gasteiger partial charge is 0.253 e. The van der Waals surface area contributed by atoms with E-state index in [4.69, 9.17) is 0 Å². The van der Waals surface area contributed by atoms with Crippen molar-refractivity contribution in [1.82, 2.24) is 25.1 Å². The molecule has 0 aliphatic carbocycles. The molecule has 7 heteroatoms. The number of aryl methyl sites for hydroxylation is 2. The Morgan fingerprint density at radius 3 is 3.08 bits per heavy atom. The van der Waals surface area contributed by atoms with Gasteiger partial charge in [-0.3, -0.25) is 9.78 Å². The van der Waals surface area contributed by atoms with Crippen LogP contribution in [0, 0.1) is 12.7 Å². The van der Waals surface area contributed by atoms with E-state index in [9.17, 15) is 9.18 Å². The van der Waals surface area contributed by atoms with Crippen LogP contribution in [-0.2, 0) is 19.4 Å². The largest absolute Gasteiger partial charge is 0.352 e. The number of nitrogens with zero attached hydrogens (tertiary/aromatic N) is 4. The summed E-state index contributed by atoms with van der Waals surface area (Å²) in [4.78, 5) is 16.8. The van der Waals surface area contributed by atoms with Crippen molar-refractivity contribution < 1.29 is 9.18 Å². The fourth-order valence-corrected chi connectivity index (χ4v) is 3.25. The highest BCUT2D eigenvalue weighted by Crippen LogP contribution is 2.18. The number of nitrogens with one attached hydrogen (secondary N) is 1. The molecule has 2 aromatic heterocycles. The van der Waals surface area contributed by atoms with E-state index < -0.39 is 0 Å². The van der Waals surface area contributed by atoms with Gasteiger partial charge in [0, 0.05) is 37.4 Å². The standard InChI is InChI=1S/C18H18FN5O/c1-11-14(9-12-4-5-13(19)10-15(12)21-11)18(25)20-7-6-17-23-22-16-3-2-8-24(16)17/h4-5,9-10H,2-3,6-8H2,1H3,(H,20,25). The lowest BCUT2D eigenvalue weighted by Gasteiger charge is -2.09. The van der Waals surface area contributed by atoms with Crippen molar-refractivity contribution in [2.75, 3.05) is 6.54 Å². The van der Waals surface area contributed by atoms with E-state index in [1.54, 1.807) is 19.1 Å². The molecule has 1 aromatic carbocycles. The molecule has 1 aliphatic heterocycles. The topological polar surface area (TPSA) is 72.7 Å². The van der Waals surface area contributed by atoms with Gasteiger partial charge >= 0.3 is 0 Å². The second-order valence-electron chi connectivity index (χ2n) is 6.25. The van der Waals surface area contributed by atoms with Crippen molar-refractivity contribution in [2.24, 2.45) is 0 Å². The predicted molar refractivity (Wildman–Crippen MR) is 90.8 cm³/mol. The van der Waals surface area contributed by atoms with E-state index in [1.807, 2.05) is 0 Å². The van der Waals surface area contributed by atoms with Gasteiger partial charge in [-0.25, -0.2) is 4.39 Å². The second-order valence-corrected chi connectivity index (χ2v) is 6.25. The quantitative estimate of drug-likeness (QED) is 0.791. The van der Waals surface area contributed by atoms with Crippen LogP contribution in [0.25, 0.3) is 10.9 Å². The van der Waals surface area contributed by atoms with Crippen LogP contribution in [0.1, 0.15) is 34.1 Å². The van der Waals surface area contributed by atoms with Gasteiger partial charge in [-0.05, 0) is 31.5 Å². The van der Waals surface area contributed by atoms with Crippen LogP contribution in [0.3, 0.4) is 0 Å². The van der Waals surface area contributed by atoms with E-state index in [0.29, 0.717) is 29.7 Å². The Morgan fingerprint density at radius 2 is 2.20 bits per heavy atom. The summed E-state index contributed by atoms with van der Waals surface area (Å²) in [6, 6.07) is 6.12. The maximum Gasteiger partial charge on any atom is 0.253 e. The third kappa shape index (κ3) is 2.97. The normalized spacial score (nSPS) is 13.2. The highest BCUT2D eigenvalue weighted by Gasteiger charge is 2.17. The molecule has 0 fully saturated rings. The van der Waals surface area contributed by atoms with Crippen LogP contribution < -0.4 is 5.32 Å². The fourth-order valence-electron chi connectivity index (χ4n) is 3.25. The molecular weight excluding hydrogens is 321 g/mol. The molecule has 4 rings (SSSR count). The van der Waals surface area contributed by atoms with E-state index in [-0.39, 0.29) is 11.7 Å². The molecule has 0 atom stereocenters. The van der Waals surface area contributed by atoms with Crippen LogP contribution in [0.5, 0.6) is 0 Å². The summed E-state index contributed by atoms with van der Waals surface area (Å²) in [6.07, 6.45) is 2.72. The first-order valence-electron chi connectivity index (χ1n) is 8.38. The highest BCUT2D eigenvalue weighted by atomic mass is 19.1. The van der Waals surface area contributed by atoms with Gasteiger partial charge in [0.15, 0.2) is 0 Å². The van der Waals surface area contributed by atoms with Crippen LogP contribution >= 0.6 is 0 Å². The Kier molecular flexibility index (Phi) is 3.91. The number of amides is 1. The number of carbonyl (C=O) groups is 1. The molecule has 0 saturated carbocycles. The molecule has 128 valence electrons. The lowest BCUT2D eigenvalue weighted by molar-refractivity contribution is 0.0953. The number of fused-ring (bicyclic) bond motifs is 2. The Hall–Kier alpha value is -2.83. The molecule has 1 N–H and O–H groups in total. The zero-order chi connectivity index (χ0) is 17.4. The zero-order valence-corrected chi connectivity index (χ0v) is 13.9. The van der Waals surface area contributed by atoms with Gasteiger partial charge in [0.05, 0.1) is 16.8 Å². The first kappa shape index (κ1) is 15.7. The number of hydrogen-bond donors (Lipinski definition) is 1. The number of rotatable bonds is 4. The van der Waals surface area contributed by atoms with Gasteiger partial charge in [-0.2, -0.15) is 0 Å². The summed E-state index contributed by atoms with van der Waals surface area (Å²) in [6.45, 7) is 3.19. The van der Waals surface area contributed by atoms with Crippen LogP contribution in [0.4, 0.5) is 4.39 Å². The number of aromatic nitrogens is 4. The molecule has 1 aliphatic rings. The Labute approximate surface area is 144 Å². The number of pyridine rings is 1. The highest BCUT2D eigenvalue weighted by molar-refractivity contribution is 5.98. The van der Waals surface area contributed by atoms with Gasteiger partial charge in [-0.15, -0.1) is 10.2 Å². The summed E-state index contributed by atoms with van der Waals surface area (Å²) in [5.74, 6) is 1.43. The monoisotopic (exact) mass is 339 g/mol. The minimum absolute atomic E-state index is 0.183. The second kappa shape index (κ2) is 6.23. The molecule has 0 radical (unpaired) electrons. The van der Waals surface area contributed by atoms with Crippen molar-refractivity contribution in [3.63, 3.8) is 0 Å². The molecule has 0 unspecified atom stereocenters. The SMILES string of the molecule is Cc1nc2cc(F)ccc2cc1C(=O)NCCc1nnc2n1CCC2. The van der Waals surface area contributed by atoms with Gasteiger partial charge in [-0.1, -0.05) is 0 Å². The Bertz CT molecular complexity index is 965. The minimum Gasteiger partial charge on any atom is -0.352 e. The van der Waals surface area contributed by atoms with Crippen molar-refractivity contribution >= 4 is 16.8 Å². The lowest BCUT2D eigenvalue weighted by Crippen LogP contribution is -2.27. The number of halogens is 1. The van der Waals surface area contributed by atoms with Gasteiger partial charge in [0.25, 0.3) is 5.91 Å². The number of benzene rings is 1. The summed E-state index contributed by atoms with van der Waals surface area (Å²) in [7, 11) is 0.